The van der Waals surface area contributed by atoms with Crippen molar-refractivity contribution in [3.63, 3.8) is 0 Å². The molecule has 122 valence electrons. The average molecular weight is 326 g/mol. The Morgan fingerprint density at radius 1 is 1.32 bits per heavy atom. The number of carbonyl (C=O) groups excluding carboxylic acids is 3. The van der Waals surface area contributed by atoms with Gasteiger partial charge in [-0.15, -0.1) is 11.8 Å². The average Bonchev–Trinajstić information content (AvgIpc) is 2.97. The van der Waals surface area contributed by atoms with Crippen molar-refractivity contribution in [2.45, 2.75) is 57.2 Å². The van der Waals surface area contributed by atoms with Crippen LogP contribution >= 0.6 is 11.8 Å². The minimum atomic E-state index is -0.703. The maximum absolute atomic E-state index is 12.3. The molecule has 2 aliphatic heterocycles. The zero-order chi connectivity index (χ0) is 15.7. The Labute approximate surface area is 134 Å². The fourth-order valence-electron chi connectivity index (χ4n) is 3.61. The minimum absolute atomic E-state index is 0.132. The Balaban J connectivity index is 1.61. The van der Waals surface area contributed by atoms with E-state index in [9.17, 15) is 14.4 Å². The molecule has 2 heterocycles. The first-order chi connectivity index (χ1) is 10.6. The van der Waals surface area contributed by atoms with E-state index < -0.39 is 18.1 Å². The maximum atomic E-state index is 12.3. The number of carbonyl (C=O) groups is 3. The number of esters is 1. The third-order valence-electron chi connectivity index (χ3n) is 4.86. The smallest absolute Gasteiger partial charge is 0.330 e. The lowest BCUT2D eigenvalue weighted by molar-refractivity contribution is -0.165. The fourth-order valence-corrected chi connectivity index (χ4v) is 4.81. The van der Waals surface area contributed by atoms with Gasteiger partial charge in [0.1, 0.15) is 6.04 Å². The van der Waals surface area contributed by atoms with Gasteiger partial charge < -0.3 is 15.0 Å². The number of nitrogens with one attached hydrogen (secondary N) is 1. The van der Waals surface area contributed by atoms with Gasteiger partial charge in [-0.25, -0.2) is 4.79 Å². The first kappa shape index (κ1) is 15.6. The molecule has 4 atom stereocenters. The highest BCUT2D eigenvalue weighted by molar-refractivity contribution is 7.99. The standard InChI is InChI=1S/C15H22N2O4S/c1-9(18)17-8-22-7-12(17)15(20)21-13-6-10-4-2-3-5-11(10)16-14(13)19/h10-13H,2-8H2,1H3,(H,16,19)/t10?,11?,12-,13?/m0/s1. The monoisotopic (exact) mass is 326 g/mol. The highest BCUT2D eigenvalue weighted by Crippen LogP contribution is 2.32. The van der Waals surface area contributed by atoms with Crippen LogP contribution in [0.4, 0.5) is 0 Å². The number of hydrogen-bond donors (Lipinski definition) is 1. The maximum Gasteiger partial charge on any atom is 0.330 e. The van der Waals surface area contributed by atoms with Gasteiger partial charge in [0.05, 0.1) is 5.88 Å². The van der Waals surface area contributed by atoms with Gasteiger partial charge in [0, 0.05) is 18.7 Å². The summed E-state index contributed by atoms with van der Waals surface area (Å²) in [4.78, 5) is 37.5. The normalized spacial score (nSPS) is 34.8. The summed E-state index contributed by atoms with van der Waals surface area (Å²) >= 11 is 1.53. The van der Waals surface area contributed by atoms with E-state index in [1.807, 2.05) is 0 Å². The summed E-state index contributed by atoms with van der Waals surface area (Å²) in [7, 11) is 0. The molecule has 6 nitrogen and oxygen atoms in total. The quantitative estimate of drug-likeness (QED) is 0.763. The van der Waals surface area contributed by atoms with Crippen LogP contribution in [0.15, 0.2) is 0 Å². The van der Waals surface area contributed by atoms with Crippen LogP contribution in [0.25, 0.3) is 0 Å². The van der Waals surface area contributed by atoms with Gasteiger partial charge in [0.2, 0.25) is 5.91 Å². The van der Waals surface area contributed by atoms with Gasteiger partial charge in [0.15, 0.2) is 6.10 Å². The van der Waals surface area contributed by atoms with Gasteiger partial charge in [-0.2, -0.15) is 0 Å². The SMILES string of the molecule is CC(=O)N1CSC[C@H]1C(=O)OC1CC2CCCCC2NC1=O. The first-order valence-corrected chi connectivity index (χ1v) is 9.07. The van der Waals surface area contributed by atoms with Crippen LogP contribution in [-0.4, -0.2) is 52.5 Å². The fraction of sp³-hybridized carbons (Fsp3) is 0.800. The predicted octanol–water partition coefficient (Wildman–Crippen LogP) is 0.898. The summed E-state index contributed by atoms with van der Waals surface area (Å²) < 4.78 is 5.46. The molecule has 7 heteroatoms. The van der Waals surface area contributed by atoms with E-state index in [1.54, 1.807) is 0 Å². The van der Waals surface area contributed by atoms with Gasteiger partial charge in [-0.05, 0) is 25.2 Å². The predicted molar refractivity (Wildman–Crippen MR) is 82.0 cm³/mol. The molecule has 1 aliphatic carbocycles. The Hall–Kier alpha value is -1.24. The number of thioether (sulfide) groups is 1. The van der Waals surface area contributed by atoms with E-state index in [0.717, 1.165) is 19.3 Å². The number of nitrogens with zero attached hydrogens (tertiary/aromatic N) is 1. The lowest BCUT2D eigenvalue weighted by Gasteiger charge is -2.39. The van der Waals surface area contributed by atoms with Crippen molar-refractivity contribution in [2.24, 2.45) is 5.92 Å². The van der Waals surface area contributed by atoms with Crippen molar-refractivity contribution in [2.75, 3.05) is 11.6 Å². The molecular weight excluding hydrogens is 304 g/mol. The topological polar surface area (TPSA) is 75.7 Å². The van der Waals surface area contributed by atoms with E-state index >= 15 is 0 Å². The van der Waals surface area contributed by atoms with Crippen molar-refractivity contribution in [3.8, 4) is 0 Å². The summed E-state index contributed by atoms with van der Waals surface area (Å²) in [5.41, 5.74) is 0. The van der Waals surface area contributed by atoms with Crippen molar-refractivity contribution >= 4 is 29.5 Å². The third kappa shape index (κ3) is 3.09. The molecule has 22 heavy (non-hydrogen) atoms. The molecule has 0 aromatic heterocycles. The van der Waals surface area contributed by atoms with Crippen molar-refractivity contribution in [3.05, 3.63) is 0 Å². The molecule has 0 aromatic rings. The molecule has 3 unspecified atom stereocenters. The van der Waals surface area contributed by atoms with Crippen molar-refractivity contribution < 1.29 is 19.1 Å². The third-order valence-corrected chi connectivity index (χ3v) is 5.88. The second-order valence-electron chi connectivity index (χ2n) is 6.33. The molecule has 1 saturated carbocycles. The molecule has 0 aromatic carbocycles. The van der Waals surface area contributed by atoms with Gasteiger partial charge in [-0.1, -0.05) is 12.8 Å². The Morgan fingerprint density at radius 2 is 2.09 bits per heavy atom. The van der Waals surface area contributed by atoms with Crippen molar-refractivity contribution in [1.82, 2.24) is 10.2 Å². The van der Waals surface area contributed by atoms with Crippen LogP contribution < -0.4 is 5.32 Å². The second-order valence-corrected chi connectivity index (χ2v) is 7.33. The van der Waals surface area contributed by atoms with Crippen molar-refractivity contribution in [1.29, 1.82) is 0 Å². The number of fused-ring (bicyclic) bond motifs is 1. The number of piperidine rings is 1. The van der Waals surface area contributed by atoms with E-state index in [-0.39, 0.29) is 17.9 Å². The lowest BCUT2D eigenvalue weighted by Crippen LogP contribution is -2.55. The van der Waals surface area contributed by atoms with E-state index in [4.69, 9.17) is 4.74 Å². The Kier molecular flexibility index (Phi) is 4.61. The van der Waals surface area contributed by atoms with Gasteiger partial charge >= 0.3 is 5.97 Å². The molecule has 3 fully saturated rings. The molecule has 1 N–H and O–H groups in total. The van der Waals surface area contributed by atoms with Crippen LogP contribution in [0.3, 0.4) is 0 Å². The molecule has 0 radical (unpaired) electrons. The number of hydrogen-bond acceptors (Lipinski definition) is 5. The minimum Gasteiger partial charge on any atom is -0.451 e. The zero-order valence-corrected chi connectivity index (χ0v) is 13.6. The zero-order valence-electron chi connectivity index (χ0n) is 12.7. The highest BCUT2D eigenvalue weighted by Gasteiger charge is 2.41. The molecule has 0 spiro atoms. The number of rotatable bonds is 2. The van der Waals surface area contributed by atoms with Crippen LogP contribution in [0.5, 0.6) is 0 Å². The Bertz CT molecular complexity index is 484. The molecule has 3 aliphatic rings. The summed E-state index contributed by atoms with van der Waals surface area (Å²) in [5.74, 6) is 0.694. The summed E-state index contributed by atoms with van der Waals surface area (Å²) in [6, 6.07) is -0.314. The molecule has 3 rings (SSSR count). The molecular formula is C15H22N2O4S. The van der Waals surface area contributed by atoms with Crippen LogP contribution in [0.1, 0.15) is 39.0 Å². The van der Waals surface area contributed by atoms with E-state index in [1.165, 1.54) is 30.0 Å². The first-order valence-electron chi connectivity index (χ1n) is 7.92. The van der Waals surface area contributed by atoms with E-state index in [2.05, 4.69) is 5.32 Å². The van der Waals surface area contributed by atoms with Gasteiger partial charge in [0.25, 0.3) is 5.91 Å². The van der Waals surface area contributed by atoms with E-state index in [0.29, 0.717) is 24.0 Å². The number of ether oxygens (including phenoxy) is 1. The van der Waals surface area contributed by atoms with Crippen LogP contribution in [0, 0.1) is 5.92 Å². The summed E-state index contributed by atoms with van der Waals surface area (Å²) in [5, 5.41) is 3.00. The summed E-state index contributed by atoms with van der Waals surface area (Å²) in [6.07, 6.45) is 4.34. The highest BCUT2D eigenvalue weighted by atomic mass is 32.2. The largest absolute Gasteiger partial charge is 0.451 e. The molecule has 0 bridgehead atoms. The number of amides is 2. The van der Waals surface area contributed by atoms with Crippen LogP contribution in [0.2, 0.25) is 0 Å². The van der Waals surface area contributed by atoms with Gasteiger partial charge in [-0.3, -0.25) is 9.59 Å². The Morgan fingerprint density at radius 3 is 2.86 bits per heavy atom. The second kappa shape index (κ2) is 6.48. The molecule has 2 amide bonds. The lowest BCUT2D eigenvalue weighted by atomic mass is 9.78. The molecule has 2 saturated heterocycles. The summed E-state index contributed by atoms with van der Waals surface area (Å²) in [6.45, 7) is 1.45. The van der Waals surface area contributed by atoms with Crippen LogP contribution in [-0.2, 0) is 19.1 Å².